The Kier molecular flexibility index (Phi) is 3.30. The Morgan fingerprint density at radius 2 is 1.88 bits per heavy atom. The van der Waals surface area contributed by atoms with E-state index < -0.39 is 0 Å². The number of anilines is 1. The molecule has 0 aliphatic rings. The zero-order valence-corrected chi connectivity index (χ0v) is 10.6. The molecule has 0 spiro atoms. The highest BCUT2D eigenvalue weighted by Gasteiger charge is 2.04. The average Bonchev–Trinajstić information content (AvgIpc) is 2.75. The standard InChI is InChI=1S/C14H17NS/c1-3-10(2)11-4-6-12(7-5-11)13-8-14(15)16-9-13/h4-10H,3,15H2,1-2H3. The van der Waals surface area contributed by atoms with Crippen molar-refractivity contribution in [1.29, 1.82) is 0 Å². The van der Waals surface area contributed by atoms with E-state index in [1.54, 1.807) is 11.3 Å². The summed E-state index contributed by atoms with van der Waals surface area (Å²) < 4.78 is 0. The van der Waals surface area contributed by atoms with Crippen molar-refractivity contribution in [3.05, 3.63) is 41.3 Å². The fraction of sp³-hybridized carbons (Fsp3) is 0.286. The van der Waals surface area contributed by atoms with Gasteiger partial charge in [0.05, 0.1) is 5.00 Å². The highest BCUT2D eigenvalue weighted by molar-refractivity contribution is 7.14. The first-order chi connectivity index (χ1) is 7.70. The summed E-state index contributed by atoms with van der Waals surface area (Å²) in [7, 11) is 0. The van der Waals surface area contributed by atoms with Gasteiger partial charge in [-0.25, -0.2) is 0 Å². The molecule has 1 heterocycles. The van der Waals surface area contributed by atoms with E-state index in [0.29, 0.717) is 5.92 Å². The van der Waals surface area contributed by atoms with Crippen LogP contribution in [0.5, 0.6) is 0 Å². The number of nitrogens with two attached hydrogens (primary N) is 1. The van der Waals surface area contributed by atoms with Crippen LogP contribution in [0.2, 0.25) is 0 Å². The average molecular weight is 231 g/mol. The van der Waals surface area contributed by atoms with Crippen LogP contribution in [-0.4, -0.2) is 0 Å². The third-order valence-electron chi connectivity index (χ3n) is 3.05. The van der Waals surface area contributed by atoms with E-state index in [-0.39, 0.29) is 0 Å². The zero-order valence-electron chi connectivity index (χ0n) is 9.73. The van der Waals surface area contributed by atoms with Crippen LogP contribution in [0.4, 0.5) is 5.00 Å². The molecule has 1 nitrogen and oxygen atoms in total. The van der Waals surface area contributed by atoms with E-state index in [9.17, 15) is 0 Å². The molecule has 2 heteroatoms. The van der Waals surface area contributed by atoms with Crippen molar-refractivity contribution in [2.24, 2.45) is 0 Å². The van der Waals surface area contributed by atoms with Gasteiger partial charge in [0, 0.05) is 5.38 Å². The smallest absolute Gasteiger partial charge is 0.0862 e. The molecule has 2 N–H and O–H groups in total. The molecule has 0 aliphatic heterocycles. The van der Waals surface area contributed by atoms with Crippen molar-refractivity contribution in [3.63, 3.8) is 0 Å². The second-order valence-corrected chi connectivity index (χ2v) is 5.11. The van der Waals surface area contributed by atoms with E-state index in [2.05, 4.69) is 43.5 Å². The summed E-state index contributed by atoms with van der Waals surface area (Å²) >= 11 is 1.59. The zero-order chi connectivity index (χ0) is 11.5. The van der Waals surface area contributed by atoms with Crippen molar-refractivity contribution in [2.75, 3.05) is 5.73 Å². The van der Waals surface area contributed by atoms with E-state index in [1.807, 2.05) is 6.07 Å². The van der Waals surface area contributed by atoms with Crippen LogP contribution in [0.3, 0.4) is 0 Å². The van der Waals surface area contributed by atoms with Crippen LogP contribution in [-0.2, 0) is 0 Å². The first-order valence-corrected chi connectivity index (χ1v) is 6.53. The summed E-state index contributed by atoms with van der Waals surface area (Å²) in [5.41, 5.74) is 9.62. The molecule has 1 aromatic carbocycles. The third-order valence-corrected chi connectivity index (χ3v) is 3.81. The molecule has 0 aliphatic carbocycles. The first kappa shape index (κ1) is 11.2. The molecule has 1 atom stereocenters. The second-order valence-electron chi connectivity index (χ2n) is 4.17. The van der Waals surface area contributed by atoms with Crippen LogP contribution in [0.1, 0.15) is 31.7 Å². The lowest BCUT2D eigenvalue weighted by Crippen LogP contribution is -1.90. The molecule has 0 radical (unpaired) electrons. The minimum Gasteiger partial charge on any atom is -0.391 e. The quantitative estimate of drug-likeness (QED) is 0.826. The summed E-state index contributed by atoms with van der Waals surface area (Å²) in [4.78, 5) is 0. The molecule has 1 unspecified atom stereocenters. The van der Waals surface area contributed by atoms with Gasteiger partial charge in [-0.2, -0.15) is 0 Å². The van der Waals surface area contributed by atoms with Gasteiger partial charge in [-0.1, -0.05) is 38.1 Å². The van der Waals surface area contributed by atoms with Gasteiger partial charge in [0.1, 0.15) is 0 Å². The topological polar surface area (TPSA) is 26.0 Å². The summed E-state index contributed by atoms with van der Waals surface area (Å²) in [6, 6.07) is 10.8. The maximum atomic E-state index is 5.73. The van der Waals surface area contributed by atoms with Gasteiger partial charge in [-0.15, -0.1) is 11.3 Å². The molecule has 0 amide bonds. The van der Waals surface area contributed by atoms with Gasteiger partial charge in [0.15, 0.2) is 0 Å². The Hall–Kier alpha value is -1.28. The van der Waals surface area contributed by atoms with Crippen LogP contribution < -0.4 is 5.73 Å². The number of benzene rings is 1. The molecular formula is C14H17NS. The predicted octanol–water partition coefficient (Wildman–Crippen LogP) is 4.51. The van der Waals surface area contributed by atoms with Gasteiger partial charge in [0.25, 0.3) is 0 Å². The number of hydrogen-bond acceptors (Lipinski definition) is 2. The summed E-state index contributed by atoms with van der Waals surface area (Å²) in [6.45, 7) is 4.48. The summed E-state index contributed by atoms with van der Waals surface area (Å²) in [5.74, 6) is 0.640. The number of rotatable bonds is 3. The summed E-state index contributed by atoms with van der Waals surface area (Å²) in [5, 5.41) is 2.98. The molecule has 84 valence electrons. The first-order valence-electron chi connectivity index (χ1n) is 5.65. The molecule has 16 heavy (non-hydrogen) atoms. The van der Waals surface area contributed by atoms with Gasteiger partial charge in [-0.3, -0.25) is 0 Å². The minimum atomic E-state index is 0.640. The maximum Gasteiger partial charge on any atom is 0.0862 e. The SMILES string of the molecule is CCC(C)c1ccc(-c2csc(N)c2)cc1. The molecule has 0 saturated carbocycles. The molecule has 1 aromatic heterocycles. The predicted molar refractivity (Wildman–Crippen MR) is 72.9 cm³/mol. The monoisotopic (exact) mass is 231 g/mol. The minimum absolute atomic E-state index is 0.640. The summed E-state index contributed by atoms with van der Waals surface area (Å²) in [6.07, 6.45) is 1.19. The Balaban J connectivity index is 2.25. The Labute approximate surface area is 101 Å². The van der Waals surface area contributed by atoms with Gasteiger partial charge in [-0.05, 0) is 35.1 Å². The number of nitrogen functional groups attached to an aromatic ring is 1. The molecule has 0 bridgehead atoms. The van der Waals surface area contributed by atoms with Crippen molar-refractivity contribution in [1.82, 2.24) is 0 Å². The van der Waals surface area contributed by atoms with Crippen molar-refractivity contribution >= 4 is 16.3 Å². The lowest BCUT2D eigenvalue weighted by molar-refractivity contribution is 0.734. The lowest BCUT2D eigenvalue weighted by atomic mass is 9.96. The Morgan fingerprint density at radius 3 is 2.38 bits per heavy atom. The Morgan fingerprint density at radius 1 is 1.19 bits per heavy atom. The van der Waals surface area contributed by atoms with Crippen LogP contribution >= 0.6 is 11.3 Å². The van der Waals surface area contributed by atoms with Crippen LogP contribution in [0, 0.1) is 0 Å². The molecule has 0 saturated heterocycles. The largest absolute Gasteiger partial charge is 0.391 e. The van der Waals surface area contributed by atoms with E-state index in [4.69, 9.17) is 5.73 Å². The van der Waals surface area contributed by atoms with E-state index in [0.717, 1.165) is 5.00 Å². The number of thiophene rings is 1. The molecule has 2 rings (SSSR count). The lowest BCUT2D eigenvalue weighted by Gasteiger charge is -2.09. The third kappa shape index (κ3) is 2.27. The van der Waals surface area contributed by atoms with Crippen LogP contribution in [0.15, 0.2) is 35.7 Å². The molecule has 0 fully saturated rings. The molecule has 2 aromatic rings. The maximum absolute atomic E-state index is 5.73. The highest BCUT2D eigenvalue weighted by Crippen LogP contribution is 2.28. The van der Waals surface area contributed by atoms with E-state index in [1.165, 1.54) is 23.1 Å². The number of hydrogen-bond donors (Lipinski definition) is 1. The van der Waals surface area contributed by atoms with Gasteiger partial charge < -0.3 is 5.73 Å². The fourth-order valence-electron chi connectivity index (χ4n) is 1.74. The second kappa shape index (κ2) is 4.71. The highest BCUT2D eigenvalue weighted by atomic mass is 32.1. The van der Waals surface area contributed by atoms with E-state index >= 15 is 0 Å². The van der Waals surface area contributed by atoms with Crippen molar-refractivity contribution in [3.8, 4) is 11.1 Å². The van der Waals surface area contributed by atoms with Crippen LogP contribution in [0.25, 0.3) is 11.1 Å². The van der Waals surface area contributed by atoms with Crippen molar-refractivity contribution < 1.29 is 0 Å². The molecular weight excluding hydrogens is 214 g/mol. The van der Waals surface area contributed by atoms with Gasteiger partial charge in [0.2, 0.25) is 0 Å². The fourth-order valence-corrected chi connectivity index (χ4v) is 2.41. The van der Waals surface area contributed by atoms with Crippen molar-refractivity contribution in [2.45, 2.75) is 26.2 Å². The normalized spacial score (nSPS) is 12.6. The Bertz CT molecular complexity index is 456. The van der Waals surface area contributed by atoms with Gasteiger partial charge >= 0.3 is 0 Å².